The highest BCUT2D eigenvalue weighted by atomic mass is 32.1. The maximum atomic E-state index is 4.65. The summed E-state index contributed by atoms with van der Waals surface area (Å²) in [6.45, 7) is 23.8. The largest absolute Gasteiger partial charge is 0.382 e. The second-order valence-corrected chi connectivity index (χ2v) is 8.26. The van der Waals surface area contributed by atoms with Crippen molar-refractivity contribution in [3.8, 4) is 0 Å². The molecule has 0 aliphatic heterocycles. The Hall–Kier alpha value is -1.35. The van der Waals surface area contributed by atoms with Gasteiger partial charge in [-0.15, -0.1) is 17.9 Å². The molecule has 116 valence electrons. The fourth-order valence-electron chi connectivity index (χ4n) is 1.79. The third kappa shape index (κ3) is 5.88. The summed E-state index contributed by atoms with van der Waals surface area (Å²) >= 11 is 1.61. The van der Waals surface area contributed by atoms with Gasteiger partial charge in [0.2, 0.25) is 0 Å². The van der Waals surface area contributed by atoms with Crippen LogP contribution in [-0.4, -0.2) is 11.5 Å². The van der Waals surface area contributed by atoms with Gasteiger partial charge in [0.25, 0.3) is 0 Å². The molecule has 0 bridgehead atoms. The molecule has 1 rings (SSSR count). The molecular formula is C18H28N2S. The average molecular weight is 305 g/mol. The van der Waals surface area contributed by atoms with E-state index in [0.29, 0.717) is 0 Å². The molecule has 3 heteroatoms. The zero-order valence-electron chi connectivity index (χ0n) is 14.0. The van der Waals surface area contributed by atoms with Crippen LogP contribution in [0.25, 0.3) is 11.3 Å². The van der Waals surface area contributed by atoms with E-state index in [9.17, 15) is 0 Å². The topological polar surface area (TPSA) is 24.9 Å². The molecule has 0 aromatic carbocycles. The molecule has 0 aliphatic carbocycles. The molecule has 1 heterocycles. The van der Waals surface area contributed by atoms with E-state index in [0.717, 1.165) is 34.9 Å². The molecule has 1 aromatic rings. The van der Waals surface area contributed by atoms with Gasteiger partial charge >= 0.3 is 0 Å². The molecule has 0 atom stereocenters. The minimum Gasteiger partial charge on any atom is -0.382 e. The van der Waals surface area contributed by atoms with E-state index in [2.05, 4.69) is 70.0 Å². The Morgan fingerprint density at radius 1 is 1.29 bits per heavy atom. The van der Waals surface area contributed by atoms with Crippen molar-refractivity contribution in [2.45, 2.75) is 41.0 Å². The fraction of sp³-hybridized carbons (Fsp3) is 0.500. The van der Waals surface area contributed by atoms with E-state index in [-0.39, 0.29) is 10.8 Å². The normalized spacial score (nSPS) is 12.0. The van der Waals surface area contributed by atoms with E-state index in [4.69, 9.17) is 0 Å². The van der Waals surface area contributed by atoms with E-state index in [1.165, 1.54) is 0 Å². The van der Waals surface area contributed by atoms with Crippen LogP contribution >= 0.6 is 11.3 Å². The first kappa shape index (κ1) is 17.7. The minimum atomic E-state index is 0.0405. The predicted molar refractivity (Wildman–Crippen MR) is 96.2 cm³/mol. The van der Waals surface area contributed by atoms with Gasteiger partial charge in [-0.1, -0.05) is 53.9 Å². The Balaban J connectivity index is 2.68. The first-order chi connectivity index (χ1) is 9.54. The molecule has 0 saturated carbocycles. The first-order valence-electron chi connectivity index (χ1n) is 7.24. The van der Waals surface area contributed by atoms with Gasteiger partial charge in [0, 0.05) is 11.9 Å². The molecule has 1 aromatic heterocycles. The smallest absolute Gasteiger partial charge is 0.139 e. The molecule has 0 amide bonds. The lowest BCUT2D eigenvalue weighted by Gasteiger charge is -2.21. The average Bonchev–Trinajstić information content (AvgIpc) is 2.83. The van der Waals surface area contributed by atoms with Gasteiger partial charge < -0.3 is 5.32 Å². The summed E-state index contributed by atoms with van der Waals surface area (Å²) < 4.78 is 0. The number of nitrogens with zero attached hydrogens (tertiary/aromatic N) is 1. The Kier molecular flexibility index (Phi) is 5.57. The highest BCUT2D eigenvalue weighted by Gasteiger charge is 2.17. The molecule has 0 unspecified atom stereocenters. The van der Waals surface area contributed by atoms with Crippen LogP contribution < -0.4 is 5.32 Å². The third-order valence-electron chi connectivity index (χ3n) is 3.18. The monoisotopic (exact) mass is 304 g/mol. The Bertz CT molecular complexity index is 530. The zero-order valence-corrected chi connectivity index (χ0v) is 14.9. The highest BCUT2D eigenvalue weighted by Crippen LogP contribution is 2.30. The summed E-state index contributed by atoms with van der Waals surface area (Å²) in [5.74, 6) is 0. The SMILES string of the molecule is C=CC(C)(C)CNC(=C)c1nc(C(=C)CC(C)(C)C)cs1. The molecule has 1 N–H and O–H groups in total. The van der Waals surface area contributed by atoms with Crippen LogP contribution in [0.4, 0.5) is 0 Å². The van der Waals surface area contributed by atoms with E-state index >= 15 is 0 Å². The number of nitrogens with one attached hydrogen (secondary N) is 1. The van der Waals surface area contributed by atoms with Crippen LogP contribution in [0.5, 0.6) is 0 Å². The van der Waals surface area contributed by atoms with E-state index in [1.807, 2.05) is 6.08 Å². The predicted octanol–water partition coefficient (Wildman–Crippen LogP) is 5.37. The van der Waals surface area contributed by atoms with Crippen molar-refractivity contribution in [1.82, 2.24) is 10.3 Å². The summed E-state index contributed by atoms with van der Waals surface area (Å²) in [5.41, 5.74) is 3.20. The van der Waals surface area contributed by atoms with Crippen LogP contribution in [-0.2, 0) is 0 Å². The number of thiazole rings is 1. The molecule has 0 saturated heterocycles. The van der Waals surface area contributed by atoms with Crippen LogP contribution in [0, 0.1) is 10.8 Å². The van der Waals surface area contributed by atoms with Gasteiger partial charge in [0.05, 0.1) is 11.4 Å². The summed E-state index contributed by atoms with van der Waals surface area (Å²) in [5, 5.41) is 6.34. The molecule has 0 spiro atoms. The molecule has 21 heavy (non-hydrogen) atoms. The Labute approximate surface area is 133 Å². The lowest BCUT2D eigenvalue weighted by atomic mass is 9.88. The van der Waals surface area contributed by atoms with E-state index in [1.54, 1.807) is 11.3 Å². The number of aromatic nitrogens is 1. The molecule has 0 fully saturated rings. The van der Waals surface area contributed by atoms with Crippen molar-refractivity contribution >= 4 is 22.6 Å². The van der Waals surface area contributed by atoms with Gasteiger partial charge in [-0.25, -0.2) is 4.98 Å². The van der Waals surface area contributed by atoms with Crippen LogP contribution in [0.1, 0.15) is 51.7 Å². The van der Waals surface area contributed by atoms with Crippen LogP contribution in [0.2, 0.25) is 0 Å². The van der Waals surface area contributed by atoms with Crippen LogP contribution in [0.3, 0.4) is 0 Å². The lowest BCUT2D eigenvalue weighted by molar-refractivity contribution is 0.427. The van der Waals surface area contributed by atoms with Crippen molar-refractivity contribution in [2.24, 2.45) is 10.8 Å². The standard InChI is InChI=1S/C18H28N2S/c1-9-18(7,8)12-19-14(3)16-20-15(11-21-16)13(2)10-17(4,5)6/h9,11,19H,1-3,10,12H2,4-8H3. The van der Waals surface area contributed by atoms with Crippen LogP contribution in [0.15, 0.2) is 31.2 Å². The summed E-state index contributed by atoms with van der Waals surface area (Å²) in [7, 11) is 0. The molecule has 0 radical (unpaired) electrons. The summed E-state index contributed by atoms with van der Waals surface area (Å²) in [6.07, 6.45) is 2.89. The number of hydrogen-bond acceptors (Lipinski definition) is 3. The van der Waals surface area contributed by atoms with Crippen molar-refractivity contribution in [2.75, 3.05) is 6.54 Å². The van der Waals surface area contributed by atoms with Gasteiger partial charge in [-0.05, 0) is 22.8 Å². The van der Waals surface area contributed by atoms with Gasteiger partial charge in [0.1, 0.15) is 5.01 Å². The molecule has 0 aliphatic rings. The molecule has 2 nitrogen and oxygen atoms in total. The van der Waals surface area contributed by atoms with Crippen molar-refractivity contribution in [1.29, 1.82) is 0 Å². The summed E-state index contributed by atoms with van der Waals surface area (Å²) in [4.78, 5) is 4.65. The highest BCUT2D eigenvalue weighted by molar-refractivity contribution is 7.10. The third-order valence-corrected chi connectivity index (χ3v) is 4.08. The quantitative estimate of drug-likeness (QED) is 0.685. The summed E-state index contributed by atoms with van der Waals surface area (Å²) in [6, 6.07) is 0. The maximum absolute atomic E-state index is 4.65. The van der Waals surface area contributed by atoms with Gasteiger partial charge in [0.15, 0.2) is 0 Å². The van der Waals surface area contributed by atoms with Crippen molar-refractivity contribution in [3.05, 3.63) is 41.9 Å². The van der Waals surface area contributed by atoms with Crippen molar-refractivity contribution in [3.63, 3.8) is 0 Å². The minimum absolute atomic E-state index is 0.0405. The fourth-order valence-corrected chi connectivity index (χ4v) is 2.60. The Morgan fingerprint density at radius 3 is 2.43 bits per heavy atom. The second kappa shape index (κ2) is 6.61. The first-order valence-corrected chi connectivity index (χ1v) is 8.12. The van der Waals surface area contributed by atoms with Gasteiger partial charge in [-0.3, -0.25) is 0 Å². The number of rotatable bonds is 7. The zero-order chi connectivity index (χ0) is 16.3. The Morgan fingerprint density at radius 2 is 1.90 bits per heavy atom. The van der Waals surface area contributed by atoms with Gasteiger partial charge in [-0.2, -0.15) is 0 Å². The number of allylic oxidation sites excluding steroid dienone is 1. The maximum Gasteiger partial charge on any atom is 0.139 e. The lowest BCUT2D eigenvalue weighted by Crippen LogP contribution is -2.26. The van der Waals surface area contributed by atoms with Crippen molar-refractivity contribution < 1.29 is 0 Å². The number of hydrogen-bond donors (Lipinski definition) is 1. The second-order valence-electron chi connectivity index (χ2n) is 7.40. The molecular weight excluding hydrogens is 276 g/mol. The van der Waals surface area contributed by atoms with E-state index < -0.39 is 0 Å².